The Balaban J connectivity index is 2.98. The second-order valence-corrected chi connectivity index (χ2v) is 4.85. The Morgan fingerprint density at radius 2 is 1.78 bits per heavy atom. The monoisotopic (exact) mass is 254 g/mol. The molecule has 4 heteroatoms. The molecule has 3 N–H and O–H groups in total. The summed E-state index contributed by atoms with van der Waals surface area (Å²) >= 11 is 0. The average Bonchev–Trinajstić information content (AvgIpc) is 2.36. The van der Waals surface area contributed by atoms with Crippen LogP contribution in [-0.4, -0.2) is 31.4 Å². The summed E-state index contributed by atoms with van der Waals surface area (Å²) in [6.07, 6.45) is -0.586. The van der Waals surface area contributed by atoms with Gasteiger partial charge in [0.15, 0.2) is 0 Å². The van der Waals surface area contributed by atoms with Crippen molar-refractivity contribution in [3.8, 4) is 11.5 Å². The minimum atomic E-state index is -0.586. The van der Waals surface area contributed by atoms with E-state index in [0.717, 1.165) is 11.3 Å². The molecule has 0 aliphatic carbocycles. The van der Waals surface area contributed by atoms with Crippen LogP contribution in [0.3, 0.4) is 0 Å². The fourth-order valence-electron chi connectivity index (χ4n) is 2.07. The summed E-state index contributed by atoms with van der Waals surface area (Å²) in [5.41, 5.74) is 0.765. The van der Waals surface area contributed by atoms with Crippen molar-refractivity contribution in [1.29, 1.82) is 0 Å². The van der Waals surface area contributed by atoms with E-state index < -0.39 is 6.10 Å². The van der Waals surface area contributed by atoms with Crippen LogP contribution < -0.4 is 14.8 Å². The predicted molar refractivity (Wildman–Crippen MR) is 71.0 cm³/mol. The van der Waals surface area contributed by atoms with Gasteiger partial charge in [-0.25, -0.2) is 0 Å². The summed E-state index contributed by atoms with van der Waals surface area (Å²) in [6, 6.07) is 5.97. The summed E-state index contributed by atoms with van der Waals surface area (Å²) in [7, 11) is 3.22. The van der Waals surface area contributed by atoms with Gasteiger partial charge in [-0.3, -0.25) is 0 Å². The Kier molecular flexibility index (Phi) is 5.44. The number of aliphatic hydroxyl groups excluding tert-OH is 1. The Bertz CT molecular complexity index is 379. The first kappa shape index (κ1) is 14.8. The molecule has 1 aromatic carbocycles. The van der Waals surface area contributed by atoms with Crippen LogP contribution in [0.4, 0.5) is 0 Å². The molecule has 0 aliphatic rings. The largest absolute Gasteiger partial charge is 0.497 e. The van der Waals surface area contributed by atoms with Gasteiger partial charge in [-0.2, -0.15) is 0 Å². The molecule has 1 rings (SSSR count). The van der Waals surface area contributed by atoms with Crippen LogP contribution in [0.25, 0.3) is 0 Å². The van der Waals surface area contributed by atoms with Gasteiger partial charge in [-0.15, -0.1) is 0 Å². The molecule has 0 radical (unpaired) electrons. The number of hydrogen-bond acceptors (Lipinski definition) is 3. The molecule has 2 atom stereocenters. The first-order valence-electron chi connectivity index (χ1n) is 6.24. The predicted octanol–water partition coefficient (Wildman–Crippen LogP) is 1.10. The molecule has 0 saturated carbocycles. The third-order valence-electron chi connectivity index (χ3n) is 2.94. The first-order valence-corrected chi connectivity index (χ1v) is 6.24. The van der Waals surface area contributed by atoms with Crippen LogP contribution in [0.2, 0.25) is 0 Å². The first-order chi connectivity index (χ1) is 8.49. The Labute approximate surface area is 109 Å². The highest BCUT2D eigenvalue weighted by atomic mass is 16.5. The molecular weight excluding hydrogens is 230 g/mol. The number of aliphatic hydroxyl groups is 1. The highest BCUT2D eigenvalue weighted by Gasteiger charge is 2.24. The van der Waals surface area contributed by atoms with Crippen molar-refractivity contribution in [2.45, 2.75) is 39.0 Å². The normalized spacial score (nSPS) is 14.4. The topological polar surface area (TPSA) is 55.3 Å². The van der Waals surface area contributed by atoms with E-state index >= 15 is 0 Å². The molecular formula is C14H24NO3+. The van der Waals surface area contributed by atoms with Crippen LogP contribution >= 0.6 is 0 Å². The Morgan fingerprint density at radius 1 is 1.11 bits per heavy atom. The summed E-state index contributed by atoms with van der Waals surface area (Å²) in [4.78, 5) is 0. The van der Waals surface area contributed by atoms with Crippen molar-refractivity contribution in [2.75, 3.05) is 14.2 Å². The molecule has 0 aromatic heterocycles. The van der Waals surface area contributed by atoms with Crippen molar-refractivity contribution in [1.82, 2.24) is 0 Å². The fraction of sp³-hybridized carbons (Fsp3) is 0.571. The lowest BCUT2D eigenvalue weighted by molar-refractivity contribution is -0.720. The van der Waals surface area contributed by atoms with Gasteiger partial charge in [-0.05, 0) is 39.0 Å². The highest BCUT2D eigenvalue weighted by Crippen LogP contribution is 2.30. The van der Waals surface area contributed by atoms with Crippen molar-refractivity contribution in [3.63, 3.8) is 0 Å². The Morgan fingerprint density at radius 3 is 2.28 bits per heavy atom. The van der Waals surface area contributed by atoms with Crippen molar-refractivity contribution >= 4 is 0 Å². The highest BCUT2D eigenvalue weighted by molar-refractivity contribution is 5.41. The van der Waals surface area contributed by atoms with Gasteiger partial charge in [-0.1, -0.05) is 0 Å². The SMILES string of the molecule is COc1ccc(OC)c([C@H](O)[C@H](C)[NH2+]C(C)C)c1. The zero-order chi connectivity index (χ0) is 13.7. The van der Waals surface area contributed by atoms with E-state index in [0.29, 0.717) is 11.8 Å². The lowest BCUT2D eigenvalue weighted by Crippen LogP contribution is -2.94. The molecule has 0 heterocycles. The molecule has 0 spiro atoms. The molecule has 0 aliphatic heterocycles. The maximum atomic E-state index is 10.4. The molecule has 4 nitrogen and oxygen atoms in total. The van der Waals surface area contributed by atoms with Crippen LogP contribution in [0.5, 0.6) is 11.5 Å². The molecule has 0 amide bonds. The number of benzene rings is 1. The standard InChI is InChI=1S/C14H23NO3/c1-9(2)15-10(3)14(16)12-8-11(17-4)6-7-13(12)18-5/h6-10,14-16H,1-5H3/p+1/t10-,14+/m0/s1. The van der Waals surface area contributed by atoms with Crippen LogP contribution in [0.1, 0.15) is 32.4 Å². The zero-order valence-electron chi connectivity index (χ0n) is 11.8. The lowest BCUT2D eigenvalue weighted by Gasteiger charge is -2.21. The van der Waals surface area contributed by atoms with E-state index in [1.807, 2.05) is 25.1 Å². The second-order valence-electron chi connectivity index (χ2n) is 4.85. The molecule has 0 saturated heterocycles. The molecule has 102 valence electrons. The van der Waals surface area contributed by atoms with E-state index in [4.69, 9.17) is 9.47 Å². The smallest absolute Gasteiger partial charge is 0.134 e. The number of methoxy groups -OCH3 is 2. The van der Waals surface area contributed by atoms with Gasteiger partial charge < -0.3 is 19.9 Å². The van der Waals surface area contributed by atoms with Crippen molar-refractivity contribution in [2.24, 2.45) is 0 Å². The number of hydrogen-bond donors (Lipinski definition) is 2. The van der Waals surface area contributed by atoms with Gasteiger partial charge in [0, 0.05) is 5.56 Å². The van der Waals surface area contributed by atoms with Crippen molar-refractivity contribution < 1.29 is 19.9 Å². The summed E-state index contributed by atoms with van der Waals surface area (Å²) in [6.45, 7) is 6.21. The molecule has 0 unspecified atom stereocenters. The van der Waals surface area contributed by atoms with E-state index in [-0.39, 0.29) is 6.04 Å². The third kappa shape index (κ3) is 3.62. The summed E-state index contributed by atoms with van der Waals surface area (Å²) in [5, 5.41) is 12.5. The third-order valence-corrected chi connectivity index (χ3v) is 2.94. The summed E-state index contributed by atoms with van der Waals surface area (Å²) in [5.74, 6) is 1.41. The van der Waals surface area contributed by atoms with E-state index in [2.05, 4.69) is 19.2 Å². The second kappa shape index (κ2) is 6.61. The number of quaternary nitrogens is 1. The quantitative estimate of drug-likeness (QED) is 0.799. The maximum Gasteiger partial charge on any atom is 0.134 e. The van der Waals surface area contributed by atoms with Gasteiger partial charge in [0.1, 0.15) is 23.6 Å². The van der Waals surface area contributed by atoms with E-state index in [1.165, 1.54) is 0 Å². The number of ether oxygens (including phenoxy) is 2. The summed E-state index contributed by atoms with van der Waals surface area (Å²) < 4.78 is 10.5. The molecule has 0 fully saturated rings. The minimum absolute atomic E-state index is 0.0611. The minimum Gasteiger partial charge on any atom is -0.497 e. The van der Waals surface area contributed by atoms with Gasteiger partial charge >= 0.3 is 0 Å². The van der Waals surface area contributed by atoms with E-state index in [1.54, 1.807) is 14.2 Å². The van der Waals surface area contributed by atoms with E-state index in [9.17, 15) is 5.11 Å². The molecule has 1 aromatic rings. The lowest BCUT2D eigenvalue weighted by atomic mass is 10.0. The average molecular weight is 254 g/mol. The maximum absolute atomic E-state index is 10.4. The van der Waals surface area contributed by atoms with Crippen LogP contribution in [0.15, 0.2) is 18.2 Å². The fourth-order valence-corrected chi connectivity index (χ4v) is 2.07. The number of rotatable bonds is 6. The Hall–Kier alpha value is -1.26. The van der Waals surface area contributed by atoms with Gasteiger partial charge in [0.2, 0.25) is 0 Å². The zero-order valence-corrected chi connectivity index (χ0v) is 11.8. The molecule has 18 heavy (non-hydrogen) atoms. The van der Waals surface area contributed by atoms with Gasteiger partial charge in [0.25, 0.3) is 0 Å². The number of nitrogens with two attached hydrogens (primary N) is 1. The molecule has 0 bridgehead atoms. The van der Waals surface area contributed by atoms with Crippen molar-refractivity contribution in [3.05, 3.63) is 23.8 Å². The van der Waals surface area contributed by atoms with Gasteiger partial charge in [0.05, 0.1) is 20.3 Å². The van der Waals surface area contributed by atoms with Crippen LogP contribution in [0, 0.1) is 0 Å². The van der Waals surface area contributed by atoms with Crippen LogP contribution in [-0.2, 0) is 0 Å².